The Morgan fingerprint density at radius 3 is 2.64 bits per heavy atom. The molecule has 3 aromatic heterocycles. The van der Waals surface area contributed by atoms with Crippen molar-refractivity contribution < 1.29 is 9.15 Å². The lowest BCUT2D eigenvalue weighted by atomic mass is 10.2. The van der Waals surface area contributed by atoms with Crippen molar-refractivity contribution in [1.29, 1.82) is 0 Å². The Hall–Kier alpha value is -2.41. The van der Waals surface area contributed by atoms with E-state index in [-0.39, 0.29) is 0 Å². The van der Waals surface area contributed by atoms with Crippen LogP contribution in [0.25, 0.3) is 0 Å². The first-order valence-electron chi connectivity index (χ1n) is 9.14. The number of thiophene rings is 1. The molecule has 0 saturated heterocycles. The highest BCUT2D eigenvalue weighted by Gasteiger charge is 2.13. The maximum Gasteiger partial charge on any atom is 0.140 e. The van der Waals surface area contributed by atoms with Gasteiger partial charge in [0.05, 0.1) is 18.5 Å². The topological polar surface area (TPSA) is 38.5 Å². The van der Waals surface area contributed by atoms with E-state index < -0.39 is 0 Å². The van der Waals surface area contributed by atoms with Gasteiger partial charge in [0.1, 0.15) is 23.1 Å². The molecule has 144 valence electrons. The van der Waals surface area contributed by atoms with Crippen molar-refractivity contribution in [2.24, 2.45) is 0 Å². The van der Waals surface area contributed by atoms with Crippen LogP contribution in [0.1, 0.15) is 26.9 Å². The molecule has 0 saturated carbocycles. The largest absolute Gasteiger partial charge is 0.486 e. The van der Waals surface area contributed by atoms with Crippen LogP contribution in [0.2, 0.25) is 0 Å². The van der Waals surface area contributed by atoms with Crippen molar-refractivity contribution in [3.63, 3.8) is 0 Å². The third kappa shape index (κ3) is 5.32. The number of aromatic nitrogens is 1. The number of thiazole rings is 1. The van der Waals surface area contributed by atoms with E-state index in [0.29, 0.717) is 6.61 Å². The van der Waals surface area contributed by atoms with Gasteiger partial charge < -0.3 is 9.15 Å². The summed E-state index contributed by atoms with van der Waals surface area (Å²) in [5.74, 6) is 1.84. The SMILES string of the molecule is Cc1ccc(OCc2nc(CN(Cc3ccco3)Cc3cccs3)cs2)cc1. The molecule has 4 rings (SSSR count). The molecule has 6 heteroatoms. The maximum absolute atomic E-state index is 5.86. The zero-order valence-corrected chi connectivity index (χ0v) is 17.3. The summed E-state index contributed by atoms with van der Waals surface area (Å²) < 4.78 is 11.4. The molecule has 0 N–H and O–H groups in total. The van der Waals surface area contributed by atoms with Crippen LogP contribution in [0.4, 0.5) is 0 Å². The minimum Gasteiger partial charge on any atom is -0.486 e. The van der Waals surface area contributed by atoms with Crippen molar-refractivity contribution in [2.75, 3.05) is 0 Å². The summed E-state index contributed by atoms with van der Waals surface area (Å²) in [6.45, 7) is 4.99. The molecule has 4 nitrogen and oxygen atoms in total. The standard InChI is InChI=1S/C22H22N2O2S2/c1-17-6-8-19(9-7-17)26-15-22-23-18(16-28-22)12-24(13-20-4-2-10-25-20)14-21-5-3-11-27-21/h2-11,16H,12-15H2,1H3. The Morgan fingerprint density at radius 2 is 1.89 bits per heavy atom. The molecule has 1 aromatic carbocycles. The Morgan fingerprint density at radius 1 is 1.00 bits per heavy atom. The zero-order chi connectivity index (χ0) is 19.2. The third-order valence-corrected chi connectivity index (χ3v) is 6.02. The fraction of sp³-hybridized carbons (Fsp3) is 0.227. The van der Waals surface area contributed by atoms with Crippen molar-refractivity contribution in [2.45, 2.75) is 33.2 Å². The molecular weight excluding hydrogens is 388 g/mol. The van der Waals surface area contributed by atoms with Crippen molar-refractivity contribution >= 4 is 22.7 Å². The molecule has 0 amide bonds. The summed E-state index contributed by atoms with van der Waals surface area (Å²) in [6, 6.07) is 16.3. The fourth-order valence-electron chi connectivity index (χ4n) is 2.91. The monoisotopic (exact) mass is 410 g/mol. The normalized spacial score (nSPS) is 11.2. The Kier molecular flexibility index (Phi) is 6.21. The van der Waals surface area contributed by atoms with Crippen LogP contribution in [0, 0.1) is 6.92 Å². The summed E-state index contributed by atoms with van der Waals surface area (Å²) in [4.78, 5) is 8.46. The van der Waals surface area contributed by atoms with E-state index in [9.17, 15) is 0 Å². The molecule has 28 heavy (non-hydrogen) atoms. The Balaban J connectivity index is 1.38. The highest BCUT2D eigenvalue weighted by molar-refractivity contribution is 7.10. The second-order valence-electron chi connectivity index (χ2n) is 6.64. The number of furan rings is 1. The fourth-order valence-corrected chi connectivity index (χ4v) is 4.35. The lowest BCUT2D eigenvalue weighted by Crippen LogP contribution is -2.22. The second-order valence-corrected chi connectivity index (χ2v) is 8.61. The van der Waals surface area contributed by atoms with Crippen LogP contribution in [0.5, 0.6) is 5.75 Å². The van der Waals surface area contributed by atoms with E-state index >= 15 is 0 Å². The summed E-state index contributed by atoms with van der Waals surface area (Å²) in [5, 5.41) is 5.23. The van der Waals surface area contributed by atoms with E-state index in [1.165, 1.54) is 10.4 Å². The molecule has 0 atom stereocenters. The smallest absolute Gasteiger partial charge is 0.140 e. The molecule has 0 bridgehead atoms. The average Bonchev–Trinajstić information content (AvgIpc) is 3.45. The quantitative estimate of drug-likeness (QED) is 0.345. The molecule has 0 aliphatic heterocycles. The molecule has 0 aliphatic rings. The van der Waals surface area contributed by atoms with Gasteiger partial charge in [0.2, 0.25) is 0 Å². The number of benzene rings is 1. The summed E-state index contributed by atoms with van der Waals surface area (Å²) >= 11 is 3.42. The van der Waals surface area contributed by atoms with Crippen molar-refractivity contribution in [3.05, 3.63) is 92.5 Å². The predicted molar refractivity (Wildman–Crippen MR) is 114 cm³/mol. The van der Waals surface area contributed by atoms with E-state index in [1.807, 2.05) is 24.3 Å². The highest BCUT2D eigenvalue weighted by Crippen LogP contribution is 2.20. The molecule has 0 fully saturated rings. The first kappa shape index (κ1) is 18.9. The van der Waals surface area contributed by atoms with Crippen molar-refractivity contribution in [3.8, 4) is 5.75 Å². The minimum absolute atomic E-state index is 0.497. The van der Waals surface area contributed by atoms with E-state index in [4.69, 9.17) is 14.1 Å². The van der Waals surface area contributed by atoms with E-state index in [0.717, 1.165) is 41.8 Å². The predicted octanol–water partition coefficient (Wildman–Crippen LogP) is 5.89. The first-order chi connectivity index (χ1) is 13.7. The van der Waals surface area contributed by atoms with Crippen LogP contribution in [-0.2, 0) is 26.2 Å². The van der Waals surface area contributed by atoms with Crippen LogP contribution in [0.15, 0.2) is 70.0 Å². The summed E-state index contributed by atoms with van der Waals surface area (Å²) in [5.41, 5.74) is 2.29. The number of rotatable bonds is 9. The van der Waals surface area contributed by atoms with Gasteiger partial charge >= 0.3 is 0 Å². The molecule has 4 aromatic rings. The molecule has 3 heterocycles. The molecule has 0 spiro atoms. The second kappa shape index (κ2) is 9.19. The maximum atomic E-state index is 5.86. The summed E-state index contributed by atoms with van der Waals surface area (Å²) in [6.07, 6.45) is 1.72. The lowest BCUT2D eigenvalue weighted by Gasteiger charge is -2.19. The summed E-state index contributed by atoms with van der Waals surface area (Å²) in [7, 11) is 0. The molecule has 0 unspecified atom stereocenters. The number of hydrogen-bond donors (Lipinski definition) is 0. The average molecular weight is 411 g/mol. The van der Waals surface area contributed by atoms with Gasteiger partial charge in [-0.25, -0.2) is 4.98 Å². The third-order valence-electron chi connectivity index (χ3n) is 4.29. The minimum atomic E-state index is 0.497. The van der Waals surface area contributed by atoms with Gasteiger partial charge in [0, 0.05) is 23.3 Å². The zero-order valence-electron chi connectivity index (χ0n) is 15.7. The molecule has 0 aliphatic carbocycles. The van der Waals surface area contributed by atoms with E-state index in [1.54, 1.807) is 28.9 Å². The molecular formula is C22H22N2O2S2. The number of hydrogen-bond acceptors (Lipinski definition) is 6. The van der Waals surface area contributed by atoms with Gasteiger partial charge in [-0.1, -0.05) is 23.8 Å². The van der Waals surface area contributed by atoms with Crippen LogP contribution in [-0.4, -0.2) is 9.88 Å². The van der Waals surface area contributed by atoms with Gasteiger partial charge in [-0.2, -0.15) is 0 Å². The van der Waals surface area contributed by atoms with Crippen LogP contribution < -0.4 is 4.74 Å². The van der Waals surface area contributed by atoms with Gasteiger partial charge in [0.15, 0.2) is 0 Å². The Bertz CT molecular complexity index is 924. The lowest BCUT2D eigenvalue weighted by molar-refractivity contribution is 0.226. The van der Waals surface area contributed by atoms with Gasteiger partial charge in [-0.3, -0.25) is 4.90 Å². The number of nitrogens with zero attached hydrogens (tertiary/aromatic N) is 2. The number of aryl methyl sites for hydroxylation is 1. The number of ether oxygens (including phenoxy) is 1. The highest BCUT2D eigenvalue weighted by atomic mass is 32.1. The van der Waals surface area contributed by atoms with Gasteiger partial charge in [-0.05, 0) is 42.6 Å². The first-order valence-corrected chi connectivity index (χ1v) is 10.9. The van der Waals surface area contributed by atoms with Gasteiger partial charge in [0.25, 0.3) is 0 Å². The van der Waals surface area contributed by atoms with E-state index in [2.05, 4.69) is 46.8 Å². The molecule has 0 radical (unpaired) electrons. The van der Waals surface area contributed by atoms with Gasteiger partial charge in [-0.15, -0.1) is 22.7 Å². The van der Waals surface area contributed by atoms with Crippen molar-refractivity contribution in [1.82, 2.24) is 9.88 Å². The Labute approximate surface area is 173 Å². The van der Waals surface area contributed by atoms with Crippen LogP contribution in [0.3, 0.4) is 0 Å². The van der Waals surface area contributed by atoms with Crippen LogP contribution >= 0.6 is 22.7 Å².